The summed E-state index contributed by atoms with van der Waals surface area (Å²) in [6.45, 7) is 6.35. The van der Waals surface area contributed by atoms with Crippen molar-refractivity contribution in [3.8, 4) is 6.07 Å². The highest BCUT2D eigenvalue weighted by molar-refractivity contribution is 5.29. The second-order valence-corrected chi connectivity index (χ2v) is 5.54. The maximum Gasteiger partial charge on any atom is 0.110 e. The van der Waals surface area contributed by atoms with Gasteiger partial charge in [0, 0.05) is 6.42 Å². The molecule has 96 valence electrons. The van der Waals surface area contributed by atoms with Crippen LogP contribution in [0.3, 0.4) is 0 Å². The van der Waals surface area contributed by atoms with Crippen LogP contribution in [-0.4, -0.2) is 23.5 Å². The zero-order chi connectivity index (χ0) is 13.0. The standard InChI is InChI=1S/C16H22N2/c1-14-8-4-5-9-15(14)12-16(2,13-17)18-10-6-3-7-11-18/h4-5,8-9H,3,6-7,10-12H2,1-2H3. The van der Waals surface area contributed by atoms with Gasteiger partial charge in [0.2, 0.25) is 0 Å². The number of aryl methyl sites for hydroxylation is 1. The molecule has 1 atom stereocenters. The Hall–Kier alpha value is -1.33. The molecule has 1 unspecified atom stereocenters. The average molecular weight is 242 g/mol. The molecule has 0 aliphatic carbocycles. The van der Waals surface area contributed by atoms with Crippen molar-refractivity contribution in [2.45, 2.75) is 45.1 Å². The molecule has 2 rings (SSSR count). The Bertz CT molecular complexity index is 441. The van der Waals surface area contributed by atoms with Crippen LogP contribution in [-0.2, 0) is 6.42 Å². The number of nitrogens with zero attached hydrogens (tertiary/aromatic N) is 2. The van der Waals surface area contributed by atoms with E-state index in [1.807, 2.05) is 0 Å². The van der Waals surface area contributed by atoms with E-state index in [-0.39, 0.29) is 5.54 Å². The van der Waals surface area contributed by atoms with Gasteiger partial charge in [-0.15, -0.1) is 0 Å². The highest BCUT2D eigenvalue weighted by Gasteiger charge is 2.33. The topological polar surface area (TPSA) is 27.0 Å². The molecule has 1 aromatic rings. The van der Waals surface area contributed by atoms with Crippen molar-refractivity contribution in [2.75, 3.05) is 13.1 Å². The zero-order valence-electron chi connectivity index (χ0n) is 11.4. The van der Waals surface area contributed by atoms with Gasteiger partial charge in [0.1, 0.15) is 5.54 Å². The van der Waals surface area contributed by atoms with E-state index in [1.165, 1.54) is 30.4 Å². The fraction of sp³-hybridized carbons (Fsp3) is 0.562. The molecule has 0 radical (unpaired) electrons. The summed E-state index contributed by atoms with van der Waals surface area (Å²) >= 11 is 0. The molecule has 1 heterocycles. The van der Waals surface area contributed by atoms with Crippen LogP contribution >= 0.6 is 0 Å². The molecule has 0 bridgehead atoms. The van der Waals surface area contributed by atoms with E-state index >= 15 is 0 Å². The van der Waals surface area contributed by atoms with Crippen LogP contribution in [0.5, 0.6) is 0 Å². The maximum absolute atomic E-state index is 9.60. The SMILES string of the molecule is Cc1ccccc1CC(C)(C#N)N1CCCCC1. The Morgan fingerprint density at radius 2 is 1.89 bits per heavy atom. The summed E-state index contributed by atoms with van der Waals surface area (Å²) in [5, 5.41) is 9.60. The Morgan fingerprint density at radius 3 is 2.50 bits per heavy atom. The minimum Gasteiger partial charge on any atom is -0.285 e. The zero-order valence-corrected chi connectivity index (χ0v) is 11.4. The summed E-state index contributed by atoms with van der Waals surface area (Å²) < 4.78 is 0. The third-order valence-corrected chi connectivity index (χ3v) is 4.09. The summed E-state index contributed by atoms with van der Waals surface area (Å²) in [7, 11) is 0. The molecule has 1 aromatic carbocycles. The average Bonchev–Trinajstić information content (AvgIpc) is 2.42. The van der Waals surface area contributed by atoms with E-state index in [2.05, 4.69) is 49.1 Å². The van der Waals surface area contributed by atoms with Crippen molar-refractivity contribution in [2.24, 2.45) is 0 Å². The van der Waals surface area contributed by atoms with Crippen LogP contribution < -0.4 is 0 Å². The van der Waals surface area contributed by atoms with Crippen molar-refractivity contribution in [3.05, 3.63) is 35.4 Å². The summed E-state index contributed by atoms with van der Waals surface area (Å²) in [6.07, 6.45) is 4.59. The second kappa shape index (κ2) is 5.54. The molecule has 0 saturated carbocycles. The van der Waals surface area contributed by atoms with Crippen LogP contribution in [0, 0.1) is 18.3 Å². The molecule has 1 aliphatic heterocycles. The molecule has 2 heteroatoms. The van der Waals surface area contributed by atoms with E-state index in [4.69, 9.17) is 0 Å². The summed E-state index contributed by atoms with van der Waals surface area (Å²) in [6, 6.07) is 11.0. The van der Waals surface area contributed by atoms with E-state index in [0.717, 1.165) is 19.5 Å². The molecule has 0 N–H and O–H groups in total. The lowest BCUT2D eigenvalue weighted by Crippen LogP contribution is -2.49. The number of hydrogen-bond acceptors (Lipinski definition) is 2. The Morgan fingerprint density at radius 1 is 1.22 bits per heavy atom. The second-order valence-electron chi connectivity index (χ2n) is 5.54. The van der Waals surface area contributed by atoms with Gasteiger partial charge in [0.05, 0.1) is 6.07 Å². The predicted molar refractivity (Wildman–Crippen MR) is 74.3 cm³/mol. The van der Waals surface area contributed by atoms with Gasteiger partial charge in [-0.1, -0.05) is 30.7 Å². The van der Waals surface area contributed by atoms with Gasteiger partial charge in [0.25, 0.3) is 0 Å². The third-order valence-electron chi connectivity index (χ3n) is 4.09. The summed E-state index contributed by atoms with van der Waals surface area (Å²) in [4.78, 5) is 2.36. The number of hydrogen-bond donors (Lipinski definition) is 0. The van der Waals surface area contributed by atoms with Crippen LogP contribution in [0.2, 0.25) is 0 Å². The molecular weight excluding hydrogens is 220 g/mol. The molecule has 0 spiro atoms. The Kier molecular flexibility index (Phi) is 4.04. The fourth-order valence-electron chi connectivity index (χ4n) is 2.79. The first-order chi connectivity index (χ1) is 8.65. The van der Waals surface area contributed by atoms with E-state index < -0.39 is 0 Å². The van der Waals surface area contributed by atoms with Crippen LogP contribution in [0.1, 0.15) is 37.3 Å². The van der Waals surface area contributed by atoms with E-state index in [1.54, 1.807) is 0 Å². The first kappa shape index (κ1) is 13.1. The maximum atomic E-state index is 9.60. The fourth-order valence-corrected chi connectivity index (χ4v) is 2.79. The van der Waals surface area contributed by atoms with Crippen LogP contribution in [0.4, 0.5) is 0 Å². The van der Waals surface area contributed by atoms with Crippen LogP contribution in [0.15, 0.2) is 24.3 Å². The Balaban J connectivity index is 2.18. The minimum atomic E-state index is -0.355. The van der Waals surface area contributed by atoms with E-state index in [9.17, 15) is 5.26 Å². The lowest BCUT2D eigenvalue weighted by atomic mass is 9.88. The monoisotopic (exact) mass is 242 g/mol. The molecule has 1 aliphatic rings. The van der Waals surface area contributed by atoms with Crippen molar-refractivity contribution in [3.63, 3.8) is 0 Å². The number of rotatable bonds is 3. The van der Waals surface area contributed by atoms with Gasteiger partial charge in [-0.2, -0.15) is 5.26 Å². The minimum absolute atomic E-state index is 0.355. The van der Waals surface area contributed by atoms with Gasteiger partial charge >= 0.3 is 0 Å². The summed E-state index contributed by atoms with van der Waals surface area (Å²) in [5.74, 6) is 0. The number of piperidine rings is 1. The molecule has 1 fully saturated rings. The van der Waals surface area contributed by atoms with E-state index in [0.29, 0.717) is 0 Å². The van der Waals surface area contributed by atoms with Gasteiger partial charge < -0.3 is 0 Å². The summed E-state index contributed by atoms with van der Waals surface area (Å²) in [5.41, 5.74) is 2.23. The molecule has 0 aromatic heterocycles. The van der Waals surface area contributed by atoms with Crippen molar-refractivity contribution in [1.82, 2.24) is 4.90 Å². The first-order valence-corrected chi connectivity index (χ1v) is 6.86. The highest BCUT2D eigenvalue weighted by Crippen LogP contribution is 2.25. The predicted octanol–water partition coefficient (Wildman–Crippen LogP) is 3.31. The number of benzene rings is 1. The highest BCUT2D eigenvalue weighted by atomic mass is 15.2. The molecule has 1 saturated heterocycles. The first-order valence-electron chi connectivity index (χ1n) is 6.86. The normalized spacial score (nSPS) is 20.1. The third kappa shape index (κ3) is 2.73. The lowest BCUT2D eigenvalue weighted by Gasteiger charge is -2.39. The lowest BCUT2D eigenvalue weighted by molar-refractivity contribution is 0.124. The van der Waals surface area contributed by atoms with Gasteiger partial charge in [-0.3, -0.25) is 4.90 Å². The Labute approximate surface area is 110 Å². The van der Waals surface area contributed by atoms with Gasteiger partial charge in [-0.05, 0) is 50.9 Å². The molecular formula is C16H22N2. The molecule has 0 amide bonds. The molecule has 2 nitrogen and oxygen atoms in total. The van der Waals surface area contributed by atoms with Crippen molar-refractivity contribution < 1.29 is 0 Å². The van der Waals surface area contributed by atoms with Gasteiger partial charge in [-0.25, -0.2) is 0 Å². The van der Waals surface area contributed by atoms with Crippen molar-refractivity contribution in [1.29, 1.82) is 5.26 Å². The van der Waals surface area contributed by atoms with Crippen LogP contribution in [0.25, 0.3) is 0 Å². The molecule has 18 heavy (non-hydrogen) atoms. The number of nitriles is 1. The largest absolute Gasteiger partial charge is 0.285 e. The smallest absolute Gasteiger partial charge is 0.110 e. The van der Waals surface area contributed by atoms with Gasteiger partial charge in [0.15, 0.2) is 0 Å². The van der Waals surface area contributed by atoms with Crippen molar-refractivity contribution >= 4 is 0 Å². The number of likely N-dealkylation sites (tertiary alicyclic amines) is 1. The quantitative estimate of drug-likeness (QED) is 0.813.